The Morgan fingerprint density at radius 3 is 2.67 bits per heavy atom. The molecule has 1 aromatic rings. The van der Waals surface area contributed by atoms with Crippen molar-refractivity contribution in [2.24, 2.45) is 5.84 Å². The first kappa shape index (κ1) is 13.4. The fourth-order valence-corrected chi connectivity index (χ4v) is 2.50. The Kier molecular flexibility index (Phi) is 3.94. The molecule has 3 nitrogen and oxygen atoms in total. The van der Waals surface area contributed by atoms with Crippen molar-refractivity contribution >= 4 is 0 Å². The second kappa shape index (κ2) is 5.30. The number of nitrogens with two attached hydrogens (primary N) is 1. The van der Waals surface area contributed by atoms with Gasteiger partial charge in [0.2, 0.25) is 0 Å². The average Bonchev–Trinajstić information content (AvgIpc) is 2.35. The maximum atomic E-state index is 13.3. The highest BCUT2D eigenvalue weighted by molar-refractivity contribution is 5.24. The molecule has 0 aliphatic carbocycles. The van der Waals surface area contributed by atoms with E-state index in [1.54, 1.807) is 0 Å². The predicted octanol–water partition coefficient (Wildman–Crippen LogP) is 2.43. The Hall–Kier alpha value is -1.04. The summed E-state index contributed by atoms with van der Waals surface area (Å²) in [6, 6.07) is 3.46. The summed E-state index contributed by atoms with van der Waals surface area (Å²) < 4.78 is 32.0. The van der Waals surface area contributed by atoms with Gasteiger partial charge in [0.25, 0.3) is 0 Å². The molecule has 3 N–H and O–H groups in total. The smallest absolute Gasteiger partial charge is 0.159 e. The Morgan fingerprint density at radius 2 is 2.11 bits per heavy atom. The lowest BCUT2D eigenvalue weighted by Crippen LogP contribution is -2.48. The fourth-order valence-electron chi connectivity index (χ4n) is 2.50. The Labute approximate surface area is 105 Å². The van der Waals surface area contributed by atoms with Crippen molar-refractivity contribution in [3.63, 3.8) is 0 Å². The number of hydrogen-bond donors (Lipinski definition) is 2. The number of benzene rings is 1. The number of ether oxygens (including phenoxy) is 1. The number of nitrogens with one attached hydrogen (secondary N) is 1. The highest BCUT2D eigenvalue weighted by atomic mass is 19.2. The average molecular weight is 256 g/mol. The van der Waals surface area contributed by atoms with E-state index in [1.165, 1.54) is 12.1 Å². The quantitative estimate of drug-likeness (QED) is 0.645. The van der Waals surface area contributed by atoms with E-state index >= 15 is 0 Å². The van der Waals surface area contributed by atoms with Crippen molar-refractivity contribution in [2.75, 3.05) is 6.61 Å². The van der Waals surface area contributed by atoms with E-state index in [0.29, 0.717) is 12.2 Å². The molecule has 1 heterocycles. The van der Waals surface area contributed by atoms with E-state index in [-0.39, 0.29) is 6.04 Å². The monoisotopic (exact) mass is 256 g/mol. The molecule has 5 heteroatoms. The lowest BCUT2D eigenvalue weighted by atomic mass is 9.84. The van der Waals surface area contributed by atoms with E-state index in [9.17, 15) is 8.78 Å². The van der Waals surface area contributed by atoms with Gasteiger partial charge in [-0.15, -0.1) is 0 Å². The molecule has 0 saturated carbocycles. The van der Waals surface area contributed by atoms with E-state index in [4.69, 9.17) is 10.6 Å². The van der Waals surface area contributed by atoms with E-state index in [2.05, 4.69) is 5.43 Å². The normalized spacial score (nSPS) is 26.0. The molecule has 0 radical (unpaired) electrons. The molecule has 100 valence electrons. The molecule has 1 fully saturated rings. The Morgan fingerprint density at radius 1 is 1.33 bits per heavy atom. The molecular formula is C13H18F2N2O. The van der Waals surface area contributed by atoms with Crippen LogP contribution in [0.1, 0.15) is 37.8 Å². The molecule has 1 aliphatic rings. The predicted molar refractivity (Wildman–Crippen MR) is 64.6 cm³/mol. The van der Waals surface area contributed by atoms with Crippen molar-refractivity contribution in [3.8, 4) is 0 Å². The summed E-state index contributed by atoms with van der Waals surface area (Å²) in [7, 11) is 0. The zero-order valence-electron chi connectivity index (χ0n) is 10.4. The minimum Gasteiger partial charge on any atom is -0.373 e. The lowest BCUT2D eigenvalue weighted by Gasteiger charge is -2.40. The van der Waals surface area contributed by atoms with Gasteiger partial charge in [-0.25, -0.2) is 8.78 Å². The van der Waals surface area contributed by atoms with Crippen LogP contribution >= 0.6 is 0 Å². The van der Waals surface area contributed by atoms with E-state index < -0.39 is 17.2 Å². The van der Waals surface area contributed by atoms with Gasteiger partial charge in [0.05, 0.1) is 11.6 Å². The van der Waals surface area contributed by atoms with Crippen LogP contribution in [0.2, 0.25) is 0 Å². The molecule has 1 saturated heterocycles. The van der Waals surface area contributed by atoms with Crippen LogP contribution < -0.4 is 11.3 Å². The third-order valence-electron chi connectivity index (χ3n) is 3.55. The van der Waals surface area contributed by atoms with E-state index in [0.717, 1.165) is 25.3 Å². The number of rotatable bonds is 3. The fraction of sp³-hybridized carbons (Fsp3) is 0.538. The molecule has 2 atom stereocenters. The van der Waals surface area contributed by atoms with Gasteiger partial charge in [-0.3, -0.25) is 11.3 Å². The maximum Gasteiger partial charge on any atom is 0.159 e. The van der Waals surface area contributed by atoms with Gasteiger partial charge in [-0.05, 0) is 43.9 Å². The first-order valence-electron chi connectivity index (χ1n) is 6.12. The molecule has 0 amide bonds. The zero-order chi connectivity index (χ0) is 13.2. The molecule has 1 aromatic carbocycles. The molecule has 1 aliphatic heterocycles. The Bertz CT molecular complexity index is 419. The van der Waals surface area contributed by atoms with Gasteiger partial charge in [0.15, 0.2) is 11.6 Å². The minimum atomic E-state index is -0.868. The largest absolute Gasteiger partial charge is 0.373 e. The summed E-state index contributed by atoms with van der Waals surface area (Å²) in [5.74, 6) is 3.84. The van der Waals surface area contributed by atoms with Crippen molar-refractivity contribution in [1.29, 1.82) is 0 Å². The summed E-state index contributed by atoms with van der Waals surface area (Å²) in [6.07, 6.45) is 2.89. The molecule has 0 aromatic heterocycles. The van der Waals surface area contributed by atoms with Gasteiger partial charge < -0.3 is 4.74 Å². The standard InChI is InChI=1S/C13H18F2N2O/c1-13(6-2-3-7-18-13)12(17-16)9-4-5-10(14)11(15)8-9/h4-5,8,12,17H,2-3,6-7,16H2,1H3. The van der Waals surface area contributed by atoms with Crippen LogP contribution in [0, 0.1) is 11.6 Å². The first-order chi connectivity index (χ1) is 8.57. The molecule has 18 heavy (non-hydrogen) atoms. The Balaban J connectivity index is 2.29. The summed E-state index contributed by atoms with van der Waals surface area (Å²) in [4.78, 5) is 0. The SMILES string of the molecule is CC1(C(NN)c2ccc(F)c(F)c2)CCCCO1. The van der Waals surface area contributed by atoms with Crippen LogP contribution in [0.4, 0.5) is 8.78 Å². The third kappa shape index (κ3) is 2.53. The molecule has 2 unspecified atom stereocenters. The first-order valence-corrected chi connectivity index (χ1v) is 6.12. The van der Waals surface area contributed by atoms with E-state index in [1.807, 2.05) is 6.92 Å². The van der Waals surface area contributed by atoms with Crippen LogP contribution in [0.3, 0.4) is 0 Å². The molecule has 2 rings (SSSR count). The van der Waals surface area contributed by atoms with Crippen LogP contribution in [0.15, 0.2) is 18.2 Å². The molecule has 0 spiro atoms. The third-order valence-corrected chi connectivity index (χ3v) is 3.55. The molecule has 0 bridgehead atoms. The highest BCUT2D eigenvalue weighted by Gasteiger charge is 2.37. The van der Waals surface area contributed by atoms with Gasteiger partial charge in [-0.2, -0.15) is 0 Å². The van der Waals surface area contributed by atoms with Crippen molar-refractivity contribution in [2.45, 2.75) is 37.8 Å². The van der Waals surface area contributed by atoms with Gasteiger partial charge in [0.1, 0.15) is 0 Å². The summed E-state index contributed by atoms with van der Waals surface area (Å²) >= 11 is 0. The van der Waals surface area contributed by atoms with Crippen LogP contribution in [-0.2, 0) is 4.74 Å². The van der Waals surface area contributed by atoms with Crippen LogP contribution in [-0.4, -0.2) is 12.2 Å². The summed E-state index contributed by atoms with van der Waals surface area (Å²) in [6.45, 7) is 2.61. The maximum absolute atomic E-state index is 13.3. The molecular weight excluding hydrogens is 238 g/mol. The van der Waals surface area contributed by atoms with Crippen molar-refractivity contribution in [1.82, 2.24) is 5.43 Å². The lowest BCUT2D eigenvalue weighted by molar-refractivity contribution is -0.0899. The number of hydrazine groups is 1. The topological polar surface area (TPSA) is 47.3 Å². The van der Waals surface area contributed by atoms with Gasteiger partial charge >= 0.3 is 0 Å². The number of halogens is 2. The van der Waals surface area contributed by atoms with Gasteiger partial charge in [-0.1, -0.05) is 6.07 Å². The van der Waals surface area contributed by atoms with Crippen molar-refractivity contribution < 1.29 is 13.5 Å². The number of hydrogen-bond acceptors (Lipinski definition) is 3. The summed E-state index contributed by atoms with van der Waals surface area (Å²) in [5.41, 5.74) is 2.77. The minimum absolute atomic E-state index is 0.354. The summed E-state index contributed by atoms with van der Waals surface area (Å²) in [5, 5.41) is 0. The van der Waals surface area contributed by atoms with Crippen molar-refractivity contribution in [3.05, 3.63) is 35.4 Å². The van der Waals surface area contributed by atoms with Crippen LogP contribution in [0.25, 0.3) is 0 Å². The second-order valence-corrected chi connectivity index (χ2v) is 4.89. The van der Waals surface area contributed by atoms with Gasteiger partial charge in [0, 0.05) is 6.61 Å². The highest BCUT2D eigenvalue weighted by Crippen LogP contribution is 2.36. The zero-order valence-corrected chi connectivity index (χ0v) is 10.4. The second-order valence-electron chi connectivity index (χ2n) is 4.89. The van der Waals surface area contributed by atoms with Crippen LogP contribution in [0.5, 0.6) is 0 Å².